The highest BCUT2D eigenvalue weighted by Gasteiger charge is 2.16. The summed E-state index contributed by atoms with van der Waals surface area (Å²) >= 11 is 5.69. The summed E-state index contributed by atoms with van der Waals surface area (Å²) in [6.45, 7) is 0. The number of hydrogen-bond donors (Lipinski definition) is 2. The molecule has 2 N–H and O–H groups in total. The predicted octanol–water partition coefficient (Wildman–Crippen LogP) is 3.12. The monoisotopic (exact) mass is 291 g/mol. The van der Waals surface area contributed by atoms with Crippen LogP contribution in [0.5, 0.6) is 0 Å². The van der Waals surface area contributed by atoms with Crippen molar-refractivity contribution in [2.75, 3.05) is 0 Å². The van der Waals surface area contributed by atoms with Crippen LogP contribution >= 0.6 is 11.6 Å². The number of benzene rings is 1. The number of nitrogens with zero attached hydrogens (tertiary/aromatic N) is 2. The third-order valence-electron chi connectivity index (χ3n) is 2.81. The van der Waals surface area contributed by atoms with Gasteiger partial charge in [-0.2, -0.15) is 0 Å². The van der Waals surface area contributed by atoms with E-state index in [1.165, 1.54) is 24.4 Å². The predicted molar refractivity (Wildman–Crippen MR) is 71.3 cm³/mol. The number of pyridine rings is 1. The molecule has 0 aliphatic rings. The molecule has 100 valence electrons. The summed E-state index contributed by atoms with van der Waals surface area (Å²) in [7, 11) is 0. The van der Waals surface area contributed by atoms with E-state index in [2.05, 4.69) is 15.0 Å². The van der Waals surface area contributed by atoms with Gasteiger partial charge in [0.25, 0.3) is 0 Å². The average Bonchev–Trinajstić information content (AvgIpc) is 2.81. The molecule has 7 heteroatoms. The maximum absolute atomic E-state index is 13.8. The number of imidazole rings is 1. The van der Waals surface area contributed by atoms with Crippen LogP contribution in [-0.2, 0) is 0 Å². The van der Waals surface area contributed by atoms with Crippen LogP contribution in [0.2, 0.25) is 5.02 Å². The van der Waals surface area contributed by atoms with E-state index in [-0.39, 0.29) is 33.1 Å². The van der Waals surface area contributed by atoms with Crippen molar-refractivity contribution in [1.82, 2.24) is 15.0 Å². The fourth-order valence-electron chi connectivity index (χ4n) is 1.90. The van der Waals surface area contributed by atoms with Crippen LogP contribution in [0.3, 0.4) is 0 Å². The van der Waals surface area contributed by atoms with Gasteiger partial charge in [-0.1, -0.05) is 11.6 Å². The molecule has 0 aliphatic heterocycles. The van der Waals surface area contributed by atoms with Crippen molar-refractivity contribution in [2.24, 2.45) is 0 Å². The number of nitrogens with one attached hydrogen (secondary N) is 1. The zero-order chi connectivity index (χ0) is 14.3. The van der Waals surface area contributed by atoms with Crippen LogP contribution < -0.4 is 0 Å². The molecule has 3 rings (SSSR count). The average molecular weight is 292 g/mol. The molecule has 0 unspecified atom stereocenters. The summed E-state index contributed by atoms with van der Waals surface area (Å²) < 4.78 is 13.8. The first-order valence-corrected chi connectivity index (χ1v) is 5.97. The fraction of sp³-hybridized carbons (Fsp3) is 0. The number of rotatable bonds is 2. The summed E-state index contributed by atoms with van der Waals surface area (Å²) in [5.74, 6) is -1.45. The maximum atomic E-state index is 13.8. The molecule has 0 atom stereocenters. The third kappa shape index (κ3) is 2.00. The Kier molecular flexibility index (Phi) is 2.87. The number of aromatic amines is 1. The Balaban J connectivity index is 2.23. The number of carbonyl (C=O) groups is 1. The molecule has 0 bridgehead atoms. The Labute approximate surface area is 117 Å². The van der Waals surface area contributed by atoms with Gasteiger partial charge in [0, 0.05) is 11.2 Å². The van der Waals surface area contributed by atoms with Gasteiger partial charge in [0.2, 0.25) is 0 Å². The fourth-order valence-corrected chi connectivity index (χ4v) is 2.06. The first-order valence-electron chi connectivity index (χ1n) is 5.59. The summed E-state index contributed by atoms with van der Waals surface area (Å²) in [5.41, 5.74) is 0.700. The van der Waals surface area contributed by atoms with Crippen molar-refractivity contribution in [3.05, 3.63) is 46.9 Å². The molecule has 3 aromatic rings. The third-order valence-corrected chi connectivity index (χ3v) is 3.04. The van der Waals surface area contributed by atoms with Crippen molar-refractivity contribution in [1.29, 1.82) is 0 Å². The largest absolute Gasteiger partial charge is 0.478 e. The molecule has 0 spiro atoms. The van der Waals surface area contributed by atoms with E-state index in [0.717, 1.165) is 6.07 Å². The first kappa shape index (κ1) is 12.6. The molecule has 0 saturated heterocycles. The molecular formula is C13H7ClFN3O2. The SMILES string of the molecule is O=C(O)c1ccnc2nc(-c3ccc(Cl)cc3F)[nH]c12. The number of halogens is 2. The van der Waals surface area contributed by atoms with E-state index in [1.54, 1.807) is 0 Å². The first-order chi connectivity index (χ1) is 9.56. The lowest BCUT2D eigenvalue weighted by molar-refractivity contribution is 0.0698. The number of H-pyrrole nitrogens is 1. The number of aromatic carboxylic acids is 1. The van der Waals surface area contributed by atoms with Crippen molar-refractivity contribution < 1.29 is 14.3 Å². The minimum absolute atomic E-state index is 0.0307. The van der Waals surface area contributed by atoms with E-state index in [4.69, 9.17) is 16.7 Å². The Bertz CT molecular complexity index is 832. The number of carboxylic acid groups (broad SMARTS) is 1. The van der Waals surface area contributed by atoms with Crippen molar-refractivity contribution in [2.45, 2.75) is 0 Å². The Morgan fingerprint density at radius 1 is 1.35 bits per heavy atom. The quantitative estimate of drug-likeness (QED) is 0.760. The van der Waals surface area contributed by atoms with Crippen LogP contribution in [0.4, 0.5) is 4.39 Å². The number of carboxylic acids is 1. The number of fused-ring (bicyclic) bond motifs is 1. The molecular weight excluding hydrogens is 285 g/mol. The molecule has 2 aromatic heterocycles. The van der Waals surface area contributed by atoms with Crippen LogP contribution in [-0.4, -0.2) is 26.0 Å². The number of hydrogen-bond acceptors (Lipinski definition) is 3. The zero-order valence-electron chi connectivity index (χ0n) is 9.89. The van der Waals surface area contributed by atoms with Gasteiger partial charge in [0.1, 0.15) is 11.6 Å². The van der Waals surface area contributed by atoms with E-state index < -0.39 is 11.8 Å². The van der Waals surface area contributed by atoms with E-state index in [0.29, 0.717) is 0 Å². The van der Waals surface area contributed by atoms with Gasteiger partial charge < -0.3 is 10.1 Å². The van der Waals surface area contributed by atoms with Crippen LogP contribution in [0.1, 0.15) is 10.4 Å². The molecule has 5 nitrogen and oxygen atoms in total. The molecule has 2 heterocycles. The molecule has 0 radical (unpaired) electrons. The van der Waals surface area contributed by atoms with Gasteiger partial charge in [-0.25, -0.2) is 19.2 Å². The van der Waals surface area contributed by atoms with Crippen LogP contribution in [0, 0.1) is 5.82 Å². The van der Waals surface area contributed by atoms with Gasteiger partial charge in [0.05, 0.1) is 16.6 Å². The van der Waals surface area contributed by atoms with E-state index >= 15 is 0 Å². The minimum atomic E-state index is -1.11. The summed E-state index contributed by atoms with van der Waals surface area (Å²) in [4.78, 5) is 22.0. The van der Waals surface area contributed by atoms with Crippen LogP contribution in [0.15, 0.2) is 30.5 Å². The Hall–Kier alpha value is -2.47. The Morgan fingerprint density at radius 2 is 2.15 bits per heavy atom. The highest BCUT2D eigenvalue weighted by molar-refractivity contribution is 6.30. The molecule has 0 aliphatic carbocycles. The molecule has 20 heavy (non-hydrogen) atoms. The van der Waals surface area contributed by atoms with Gasteiger partial charge >= 0.3 is 5.97 Å². The molecule has 0 amide bonds. The lowest BCUT2D eigenvalue weighted by Gasteiger charge is -1.99. The van der Waals surface area contributed by atoms with Gasteiger partial charge in [-0.3, -0.25) is 0 Å². The summed E-state index contributed by atoms with van der Waals surface area (Å²) in [6.07, 6.45) is 1.34. The van der Waals surface area contributed by atoms with Gasteiger partial charge in [0.15, 0.2) is 5.65 Å². The summed E-state index contributed by atoms with van der Waals surface area (Å²) in [5, 5.41) is 9.36. The lowest BCUT2D eigenvalue weighted by atomic mass is 10.2. The standard InChI is InChI=1S/C13H7ClFN3O2/c14-6-1-2-7(9(15)5-6)11-17-10-8(13(19)20)3-4-16-12(10)18-11/h1-5H,(H,19,20)(H,16,17,18). The van der Waals surface area contributed by atoms with E-state index in [9.17, 15) is 9.18 Å². The second-order valence-electron chi connectivity index (χ2n) is 4.07. The van der Waals surface area contributed by atoms with Crippen molar-refractivity contribution in [3.8, 4) is 11.4 Å². The molecule has 0 fully saturated rings. The lowest BCUT2D eigenvalue weighted by Crippen LogP contribution is -1.97. The maximum Gasteiger partial charge on any atom is 0.338 e. The van der Waals surface area contributed by atoms with E-state index in [1.807, 2.05) is 0 Å². The minimum Gasteiger partial charge on any atom is -0.478 e. The smallest absolute Gasteiger partial charge is 0.338 e. The second kappa shape index (κ2) is 4.57. The van der Waals surface area contributed by atoms with Gasteiger partial charge in [-0.15, -0.1) is 0 Å². The molecule has 0 saturated carbocycles. The zero-order valence-corrected chi connectivity index (χ0v) is 10.6. The van der Waals surface area contributed by atoms with Gasteiger partial charge in [-0.05, 0) is 24.3 Å². The Morgan fingerprint density at radius 3 is 2.85 bits per heavy atom. The highest BCUT2D eigenvalue weighted by Crippen LogP contribution is 2.25. The summed E-state index contributed by atoms with van der Waals surface area (Å²) in [6, 6.07) is 5.51. The number of aromatic nitrogens is 3. The topological polar surface area (TPSA) is 78.9 Å². The van der Waals surface area contributed by atoms with Crippen molar-refractivity contribution in [3.63, 3.8) is 0 Å². The second-order valence-corrected chi connectivity index (χ2v) is 4.51. The van der Waals surface area contributed by atoms with Crippen LogP contribution in [0.25, 0.3) is 22.6 Å². The normalized spacial score (nSPS) is 10.9. The highest BCUT2D eigenvalue weighted by atomic mass is 35.5. The van der Waals surface area contributed by atoms with Crippen molar-refractivity contribution >= 4 is 28.7 Å². The molecule has 1 aromatic carbocycles.